The van der Waals surface area contributed by atoms with Gasteiger partial charge < -0.3 is 10.1 Å². The Morgan fingerprint density at radius 3 is 3.31 bits per heavy atom. The van der Waals surface area contributed by atoms with Crippen LogP contribution in [0.15, 0.2) is 30.0 Å². The van der Waals surface area contributed by atoms with Crippen LogP contribution in [-0.4, -0.2) is 17.6 Å². The fourth-order valence-electron chi connectivity index (χ4n) is 1.79. The van der Waals surface area contributed by atoms with Crippen molar-refractivity contribution in [1.82, 2.24) is 10.3 Å². The van der Waals surface area contributed by atoms with Crippen LogP contribution >= 0.6 is 11.3 Å². The molecule has 1 aromatic heterocycles. The normalized spacial score (nSPS) is 20.1. The van der Waals surface area contributed by atoms with Crippen molar-refractivity contribution in [2.24, 2.45) is 0 Å². The summed E-state index contributed by atoms with van der Waals surface area (Å²) in [5.74, 6) is 0. The van der Waals surface area contributed by atoms with Gasteiger partial charge in [-0.3, -0.25) is 0 Å². The minimum atomic E-state index is 0.353. The maximum absolute atomic E-state index is 5.40. The summed E-state index contributed by atoms with van der Waals surface area (Å²) in [6.07, 6.45) is 1.79. The van der Waals surface area contributed by atoms with Gasteiger partial charge >= 0.3 is 0 Å². The van der Waals surface area contributed by atoms with E-state index in [0.29, 0.717) is 6.04 Å². The molecule has 4 heteroatoms. The molecule has 0 amide bonds. The van der Waals surface area contributed by atoms with Gasteiger partial charge in [0, 0.05) is 5.56 Å². The van der Waals surface area contributed by atoms with Gasteiger partial charge in [0.15, 0.2) is 0 Å². The lowest BCUT2D eigenvalue weighted by atomic mass is 10.1. The van der Waals surface area contributed by atoms with Crippen LogP contribution in [0.25, 0.3) is 15.9 Å². The van der Waals surface area contributed by atoms with Gasteiger partial charge in [-0.05, 0) is 19.1 Å². The summed E-state index contributed by atoms with van der Waals surface area (Å²) >= 11 is 1.66. The Kier molecular flexibility index (Phi) is 2.29. The molecule has 1 aromatic carbocycles. The first-order valence-corrected chi connectivity index (χ1v) is 6.13. The van der Waals surface area contributed by atoms with Crippen molar-refractivity contribution >= 4 is 27.3 Å². The smallest absolute Gasteiger partial charge is 0.107 e. The molecule has 3 nitrogen and oxygen atoms in total. The molecule has 82 valence electrons. The number of benzene rings is 1. The average Bonchev–Trinajstić information content (AvgIpc) is 2.75. The van der Waals surface area contributed by atoms with Crippen molar-refractivity contribution in [2.45, 2.75) is 13.0 Å². The van der Waals surface area contributed by atoms with Gasteiger partial charge in [0.25, 0.3) is 0 Å². The molecular weight excluding hydrogens is 220 g/mol. The zero-order chi connectivity index (χ0) is 11.0. The van der Waals surface area contributed by atoms with Crippen molar-refractivity contribution in [3.63, 3.8) is 0 Å². The van der Waals surface area contributed by atoms with E-state index in [-0.39, 0.29) is 0 Å². The molecule has 1 aliphatic heterocycles. The number of thiazole rings is 1. The van der Waals surface area contributed by atoms with Gasteiger partial charge in [0.05, 0.1) is 27.5 Å². The summed E-state index contributed by atoms with van der Waals surface area (Å²) in [7, 11) is 0. The lowest BCUT2D eigenvalue weighted by Gasteiger charge is -2.22. The maximum atomic E-state index is 5.40. The lowest BCUT2D eigenvalue weighted by Crippen LogP contribution is -2.32. The third kappa shape index (κ3) is 1.65. The maximum Gasteiger partial charge on any atom is 0.107 e. The van der Waals surface area contributed by atoms with Gasteiger partial charge in [-0.15, -0.1) is 11.3 Å². The quantitative estimate of drug-likeness (QED) is 0.820. The SMILES string of the molecule is CC1COC=C(c2ccc3scnc3c2)N1. The van der Waals surface area contributed by atoms with Crippen LogP contribution in [0.4, 0.5) is 0 Å². The van der Waals surface area contributed by atoms with Crippen LogP contribution in [0, 0.1) is 0 Å². The Balaban J connectivity index is 2.01. The molecule has 0 bridgehead atoms. The van der Waals surface area contributed by atoms with E-state index in [1.807, 2.05) is 5.51 Å². The van der Waals surface area contributed by atoms with E-state index in [1.165, 1.54) is 4.70 Å². The van der Waals surface area contributed by atoms with Crippen LogP contribution < -0.4 is 5.32 Å². The second kappa shape index (κ2) is 3.79. The molecule has 3 rings (SSSR count). The Morgan fingerprint density at radius 2 is 2.44 bits per heavy atom. The van der Waals surface area contributed by atoms with E-state index in [0.717, 1.165) is 23.4 Å². The number of rotatable bonds is 1. The molecule has 0 spiro atoms. The van der Waals surface area contributed by atoms with E-state index in [4.69, 9.17) is 4.74 Å². The first kappa shape index (κ1) is 9.66. The second-order valence-electron chi connectivity index (χ2n) is 3.95. The Hall–Kier alpha value is -1.55. The Bertz CT molecular complexity index is 547. The summed E-state index contributed by atoms with van der Waals surface area (Å²) in [6.45, 7) is 2.83. The second-order valence-corrected chi connectivity index (χ2v) is 4.83. The third-order valence-corrected chi connectivity index (χ3v) is 3.40. The van der Waals surface area contributed by atoms with Crippen LogP contribution in [0.1, 0.15) is 12.5 Å². The highest BCUT2D eigenvalue weighted by atomic mass is 32.1. The van der Waals surface area contributed by atoms with E-state index in [1.54, 1.807) is 17.6 Å². The van der Waals surface area contributed by atoms with Crippen LogP contribution in [0.2, 0.25) is 0 Å². The molecule has 0 aliphatic carbocycles. The van der Waals surface area contributed by atoms with Crippen molar-refractivity contribution in [3.05, 3.63) is 35.5 Å². The molecule has 0 fully saturated rings. The molecule has 1 aliphatic rings. The minimum Gasteiger partial charge on any atom is -0.497 e. The largest absolute Gasteiger partial charge is 0.497 e. The monoisotopic (exact) mass is 232 g/mol. The average molecular weight is 232 g/mol. The number of fused-ring (bicyclic) bond motifs is 1. The zero-order valence-corrected chi connectivity index (χ0v) is 9.75. The highest BCUT2D eigenvalue weighted by molar-refractivity contribution is 7.16. The molecule has 2 heterocycles. The van der Waals surface area contributed by atoms with Gasteiger partial charge in [0.1, 0.15) is 12.9 Å². The van der Waals surface area contributed by atoms with Crippen LogP contribution in [0.3, 0.4) is 0 Å². The summed E-state index contributed by atoms with van der Waals surface area (Å²) < 4.78 is 6.62. The number of hydrogen-bond donors (Lipinski definition) is 1. The van der Waals surface area contributed by atoms with Gasteiger partial charge in [-0.2, -0.15) is 0 Å². The van der Waals surface area contributed by atoms with Gasteiger partial charge in [-0.1, -0.05) is 6.07 Å². The number of nitrogens with zero attached hydrogens (tertiary/aromatic N) is 1. The first-order chi connectivity index (χ1) is 7.83. The highest BCUT2D eigenvalue weighted by Gasteiger charge is 2.12. The molecule has 1 N–H and O–H groups in total. The summed E-state index contributed by atoms with van der Waals surface area (Å²) in [5.41, 5.74) is 5.08. The van der Waals surface area contributed by atoms with Crippen molar-refractivity contribution < 1.29 is 4.74 Å². The van der Waals surface area contributed by atoms with E-state index in [9.17, 15) is 0 Å². The fourth-order valence-corrected chi connectivity index (χ4v) is 2.45. The van der Waals surface area contributed by atoms with Gasteiger partial charge in [0.2, 0.25) is 0 Å². The van der Waals surface area contributed by atoms with E-state index < -0.39 is 0 Å². The standard InChI is InChI=1S/C12H12N2OS/c1-8-5-15-6-11(14-8)9-2-3-12-10(4-9)13-7-16-12/h2-4,6-8,14H,5H2,1H3. The topological polar surface area (TPSA) is 34.1 Å². The van der Waals surface area contributed by atoms with Crippen LogP contribution in [0.5, 0.6) is 0 Å². The Labute approximate surface area is 97.8 Å². The van der Waals surface area contributed by atoms with Crippen molar-refractivity contribution in [3.8, 4) is 0 Å². The molecule has 1 unspecified atom stereocenters. The first-order valence-electron chi connectivity index (χ1n) is 5.25. The summed E-state index contributed by atoms with van der Waals surface area (Å²) in [4.78, 5) is 4.32. The molecule has 2 aromatic rings. The van der Waals surface area contributed by atoms with Crippen LogP contribution in [-0.2, 0) is 4.74 Å². The molecular formula is C12H12N2OS. The summed E-state index contributed by atoms with van der Waals surface area (Å²) in [6, 6.07) is 6.64. The third-order valence-electron chi connectivity index (χ3n) is 2.59. The van der Waals surface area contributed by atoms with Crippen molar-refractivity contribution in [2.75, 3.05) is 6.61 Å². The highest BCUT2D eigenvalue weighted by Crippen LogP contribution is 2.23. The minimum absolute atomic E-state index is 0.353. The number of ether oxygens (including phenoxy) is 1. The number of aromatic nitrogens is 1. The van der Waals surface area contributed by atoms with E-state index >= 15 is 0 Å². The molecule has 0 saturated carbocycles. The lowest BCUT2D eigenvalue weighted by molar-refractivity contribution is 0.209. The van der Waals surface area contributed by atoms with Crippen molar-refractivity contribution in [1.29, 1.82) is 0 Å². The molecule has 0 radical (unpaired) electrons. The Morgan fingerprint density at radius 1 is 1.50 bits per heavy atom. The number of hydrogen-bond acceptors (Lipinski definition) is 4. The zero-order valence-electron chi connectivity index (χ0n) is 8.93. The predicted molar refractivity (Wildman–Crippen MR) is 66.1 cm³/mol. The van der Waals surface area contributed by atoms with Gasteiger partial charge in [-0.25, -0.2) is 4.98 Å². The fraction of sp³-hybridized carbons (Fsp3) is 0.250. The molecule has 0 saturated heterocycles. The molecule has 16 heavy (non-hydrogen) atoms. The van der Waals surface area contributed by atoms with E-state index in [2.05, 4.69) is 35.4 Å². The summed E-state index contributed by atoms with van der Waals surface area (Å²) in [5, 5.41) is 3.40. The number of nitrogens with one attached hydrogen (secondary N) is 1. The molecule has 1 atom stereocenters. The predicted octanol–water partition coefficient (Wildman–Crippen LogP) is 2.60.